The number of likely N-dealkylation sites (tertiary alicyclic amines) is 1. The zero-order valence-corrected chi connectivity index (χ0v) is 21.2. The zero-order valence-electron chi connectivity index (χ0n) is 16.9. The van der Waals surface area contributed by atoms with Crippen molar-refractivity contribution in [2.45, 2.75) is 41.1 Å². The molecule has 0 radical (unpaired) electrons. The monoisotopic (exact) mass is 637 g/mol. The number of aromatic amines is 1. The van der Waals surface area contributed by atoms with Gasteiger partial charge in [-0.25, -0.2) is 9.28 Å². The highest BCUT2D eigenvalue weighted by Crippen LogP contribution is 2.39. The van der Waals surface area contributed by atoms with Crippen LogP contribution in [0.1, 0.15) is 54.7 Å². The minimum Gasteiger partial charge on any atom is -0.374 e. The van der Waals surface area contributed by atoms with E-state index in [1.54, 1.807) is 0 Å². The summed E-state index contributed by atoms with van der Waals surface area (Å²) in [5, 5.41) is 22.5. The lowest BCUT2D eigenvalue weighted by Gasteiger charge is -2.37. The molecule has 1 aliphatic carbocycles. The van der Waals surface area contributed by atoms with Gasteiger partial charge in [-0.05, 0) is 53.1 Å². The molecule has 4 rings (SSSR count). The van der Waals surface area contributed by atoms with Crippen molar-refractivity contribution in [3.8, 4) is 0 Å². The topological polar surface area (TPSA) is 103 Å². The summed E-state index contributed by atoms with van der Waals surface area (Å²) in [4.78, 5) is 16.3. The molecule has 2 aromatic rings. The lowest BCUT2D eigenvalue weighted by atomic mass is 9.95. The molecule has 0 spiro atoms. The number of alkyl halides is 1. The van der Waals surface area contributed by atoms with E-state index in [4.69, 9.17) is 0 Å². The Morgan fingerprint density at radius 3 is 2.27 bits per heavy atom. The summed E-state index contributed by atoms with van der Waals surface area (Å²) < 4.78 is 2.20. The summed E-state index contributed by atoms with van der Waals surface area (Å²) >= 11 is 4.06. The first kappa shape index (κ1) is 22.2. The normalized spacial score (nSPS) is 26.1. The summed E-state index contributed by atoms with van der Waals surface area (Å²) in [6.07, 6.45) is 4.19. The van der Waals surface area contributed by atoms with Gasteiger partial charge in [0.1, 0.15) is 11.6 Å². The number of hydrogen-bond donors (Lipinski definition) is 4. The van der Waals surface area contributed by atoms with Crippen LogP contribution in [-0.4, -0.2) is 57.5 Å². The number of carbonyl (C=O) groups excluding carboxylic acids is 1. The molecule has 2 aliphatic rings. The molecule has 1 saturated heterocycles. The van der Waals surface area contributed by atoms with E-state index in [2.05, 4.69) is 46.9 Å². The number of hydrogen-bond acceptors (Lipinski definition) is 5. The number of H-pyrrole nitrogens is 1. The van der Waals surface area contributed by atoms with Gasteiger partial charge in [0.2, 0.25) is 0 Å². The van der Waals surface area contributed by atoms with Gasteiger partial charge in [-0.1, -0.05) is 12.1 Å². The fourth-order valence-electron chi connectivity index (χ4n) is 3.90. The third kappa shape index (κ3) is 4.91. The molecule has 1 saturated carbocycles. The highest BCUT2D eigenvalue weighted by Gasteiger charge is 2.40. The molecule has 0 bridgehead atoms. The number of aromatic nitrogens is 3. The highest BCUT2D eigenvalue weighted by atomic mass is 127. The summed E-state index contributed by atoms with van der Waals surface area (Å²) in [5.74, 6) is 2.89. The van der Waals surface area contributed by atoms with Crippen molar-refractivity contribution in [1.82, 2.24) is 20.5 Å². The van der Waals surface area contributed by atoms with Crippen LogP contribution in [0.2, 0.25) is 0 Å². The van der Waals surface area contributed by atoms with Gasteiger partial charge in [0, 0.05) is 30.4 Å². The van der Waals surface area contributed by atoms with Gasteiger partial charge >= 0.3 is 6.03 Å². The van der Waals surface area contributed by atoms with Crippen molar-refractivity contribution < 1.29 is 14.4 Å². The summed E-state index contributed by atoms with van der Waals surface area (Å²) in [6, 6.07) is 7.50. The Hall–Kier alpha value is -0.990. The molecule has 30 heavy (non-hydrogen) atoms. The number of urea groups is 1. The first-order valence-electron chi connectivity index (χ1n) is 10.2. The van der Waals surface area contributed by atoms with E-state index < -0.39 is 3.61 Å². The van der Waals surface area contributed by atoms with Crippen molar-refractivity contribution in [3.63, 3.8) is 0 Å². The predicted molar refractivity (Wildman–Crippen MR) is 132 cm³/mol. The van der Waals surface area contributed by atoms with Crippen LogP contribution < -0.4 is 8.85 Å². The molecular weight excluding hydrogens is 610 g/mol. The number of rotatable bonds is 6. The standard InChI is InChI=1S/C20H26I2N6O2/c1-28(10-8-14(9-11-28)18-24-17(26-27-18)13-2-3-13)19(29)23-12-20(21,30)15-4-6-16(25-22)7-5-15/h4-7,13-14,25,30H,2-3,8-12H2,1H3,(H-,23,24,26,27,29)/p+1. The van der Waals surface area contributed by atoms with E-state index in [0.29, 0.717) is 16.3 Å². The quantitative estimate of drug-likeness (QED) is 0.167. The number of aliphatic hydroxyl groups is 1. The molecule has 10 heteroatoms. The number of halogens is 2. The Bertz CT molecular complexity index is 889. The first-order valence-corrected chi connectivity index (χ1v) is 12.4. The fraction of sp³-hybridized carbons (Fsp3) is 0.550. The van der Waals surface area contributed by atoms with Crippen molar-refractivity contribution in [3.05, 3.63) is 41.5 Å². The van der Waals surface area contributed by atoms with Gasteiger partial charge in [-0.15, -0.1) is 10.2 Å². The molecule has 162 valence electrons. The lowest BCUT2D eigenvalue weighted by molar-refractivity contribution is -0.836. The Morgan fingerprint density at radius 2 is 1.73 bits per heavy atom. The second kappa shape index (κ2) is 8.87. The van der Waals surface area contributed by atoms with E-state index in [1.807, 2.05) is 53.9 Å². The summed E-state index contributed by atoms with van der Waals surface area (Å²) in [5.41, 5.74) is 1.73. The molecule has 1 atom stereocenters. The molecule has 4 N–H and O–H groups in total. The minimum absolute atomic E-state index is 0.0506. The first-order chi connectivity index (χ1) is 14.3. The van der Waals surface area contributed by atoms with Gasteiger partial charge in [-0.2, -0.15) is 0 Å². The SMILES string of the molecule is C[N+]1(C(=O)NCC(O)(I)c2ccc(NI)cc2)CCC(c2nnc(C3CC3)[nH]2)CC1. The van der Waals surface area contributed by atoms with E-state index in [9.17, 15) is 9.90 Å². The maximum absolute atomic E-state index is 12.9. The lowest BCUT2D eigenvalue weighted by Crippen LogP contribution is -2.59. The van der Waals surface area contributed by atoms with Crippen molar-refractivity contribution in [2.24, 2.45) is 0 Å². The van der Waals surface area contributed by atoms with Crippen LogP contribution in [0.3, 0.4) is 0 Å². The van der Waals surface area contributed by atoms with E-state index >= 15 is 0 Å². The number of amides is 2. The molecular formula is C20H27I2N6O2+. The molecule has 2 amide bonds. The van der Waals surface area contributed by atoms with Crippen LogP contribution >= 0.6 is 45.5 Å². The smallest absolute Gasteiger partial charge is 0.374 e. The fourth-order valence-corrected chi connectivity index (χ4v) is 4.81. The number of anilines is 1. The van der Waals surface area contributed by atoms with Gasteiger partial charge in [0.25, 0.3) is 0 Å². The Kier molecular flexibility index (Phi) is 6.56. The number of piperidine rings is 1. The van der Waals surface area contributed by atoms with Gasteiger partial charge in [0.05, 0.1) is 49.5 Å². The van der Waals surface area contributed by atoms with Crippen LogP contribution in [-0.2, 0) is 3.61 Å². The molecule has 1 aromatic heterocycles. The van der Waals surface area contributed by atoms with Crippen LogP contribution in [0, 0.1) is 0 Å². The van der Waals surface area contributed by atoms with Gasteiger partial charge in [-0.3, -0.25) is 0 Å². The average molecular weight is 637 g/mol. The Morgan fingerprint density at radius 1 is 1.17 bits per heavy atom. The second-order valence-electron chi connectivity index (χ2n) is 8.58. The molecule has 2 fully saturated rings. The van der Waals surface area contributed by atoms with E-state index in [1.165, 1.54) is 12.8 Å². The maximum Gasteiger partial charge on any atom is 0.416 e. The van der Waals surface area contributed by atoms with Gasteiger partial charge < -0.3 is 18.9 Å². The molecule has 1 aromatic carbocycles. The molecule has 2 heterocycles. The van der Waals surface area contributed by atoms with E-state index in [0.717, 1.165) is 48.8 Å². The third-order valence-corrected chi connectivity index (χ3v) is 7.84. The largest absolute Gasteiger partial charge is 0.416 e. The number of nitrogens with one attached hydrogen (secondary N) is 3. The molecule has 8 nitrogen and oxygen atoms in total. The van der Waals surface area contributed by atoms with Crippen LogP contribution in [0.4, 0.5) is 10.5 Å². The van der Waals surface area contributed by atoms with Crippen molar-refractivity contribution in [2.75, 3.05) is 30.2 Å². The number of nitrogens with zero attached hydrogens (tertiary/aromatic N) is 3. The Balaban J connectivity index is 1.31. The van der Waals surface area contributed by atoms with Crippen LogP contribution in [0.15, 0.2) is 24.3 Å². The number of benzene rings is 1. The summed E-state index contributed by atoms with van der Waals surface area (Å²) in [6.45, 7) is 1.64. The molecule has 1 aliphatic heterocycles. The minimum atomic E-state index is -1.16. The maximum atomic E-state index is 12.9. The second-order valence-corrected chi connectivity index (χ2v) is 10.9. The van der Waals surface area contributed by atoms with Crippen molar-refractivity contribution >= 4 is 57.2 Å². The molecule has 1 unspecified atom stereocenters. The zero-order chi connectivity index (χ0) is 21.4. The number of carbonyl (C=O) groups is 1. The third-order valence-electron chi connectivity index (χ3n) is 6.22. The van der Waals surface area contributed by atoms with Gasteiger partial charge in [0.15, 0.2) is 3.61 Å². The Labute approximate surface area is 203 Å². The van der Waals surface area contributed by atoms with Crippen LogP contribution in [0.5, 0.6) is 0 Å². The average Bonchev–Trinajstić information content (AvgIpc) is 3.49. The predicted octanol–water partition coefficient (Wildman–Crippen LogP) is 3.76. The summed E-state index contributed by atoms with van der Waals surface area (Å²) in [7, 11) is 1.97. The van der Waals surface area contributed by atoms with E-state index in [-0.39, 0.29) is 12.6 Å². The van der Waals surface area contributed by atoms with Crippen LogP contribution in [0.25, 0.3) is 0 Å². The number of quaternary nitrogens is 1. The highest BCUT2D eigenvalue weighted by molar-refractivity contribution is 14.1. The van der Waals surface area contributed by atoms with Crippen molar-refractivity contribution in [1.29, 1.82) is 0 Å².